The van der Waals surface area contributed by atoms with E-state index in [1.54, 1.807) is 18.2 Å². The van der Waals surface area contributed by atoms with Crippen LogP contribution in [0.25, 0.3) is 0 Å². The molecule has 0 aliphatic carbocycles. The normalized spacial score (nSPS) is 18.6. The van der Waals surface area contributed by atoms with Crippen molar-refractivity contribution in [3.8, 4) is 0 Å². The van der Waals surface area contributed by atoms with Gasteiger partial charge >= 0.3 is 0 Å². The molecule has 0 amide bonds. The Labute approximate surface area is 149 Å². The lowest BCUT2D eigenvalue weighted by Gasteiger charge is -2.25. The van der Waals surface area contributed by atoms with Crippen LogP contribution in [0.4, 0.5) is 4.39 Å². The fourth-order valence-electron chi connectivity index (χ4n) is 3.57. The van der Waals surface area contributed by atoms with Gasteiger partial charge in [0.15, 0.2) is 9.84 Å². The molecule has 0 spiro atoms. The molecule has 1 saturated heterocycles. The number of hydrogen-bond donors (Lipinski definition) is 0. The standard InChI is InChI=1S/C20H24FNO2S/c1-15-8-9-16(2)20(13-15)25(23,24)12-11-22-10-4-7-19(22)17-5-3-6-18(21)14-17/h3,5-6,8-9,13-14,19H,4,7,10-12H2,1-2H3/t19-/m0/s1. The Hall–Kier alpha value is -1.72. The number of halogens is 1. The summed E-state index contributed by atoms with van der Waals surface area (Å²) in [7, 11) is -3.33. The Balaban J connectivity index is 1.75. The van der Waals surface area contributed by atoms with Crippen LogP contribution in [0.2, 0.25) is 0 Å². The summed E-state index contributed by atoms with van der Waals surface area (Å²) < 4.78 is 39.1. The second kappa shape index (κ2) is 7.26. The molecule has 0 radical (unpaired) electrons. The summed E-state index contributed by atoms with van der Waals surface area (Å²) in [6, 6.07) is 12.3. The van der Waals surface area contributed by atoms with E-state index in [0.29, 0.717) is 11.4 Å². The van der Waals surface area contributed by atoms with E-state index in [-0.39, 0.29) is 17.6 Å². The Morgan fingerprint density at radius 1 is 1.16 bits per heavy atom. The highest BCUT2D eigenvalue weighted by atomic mass is 32.2. The average Bonchev–Trinajstić information content (AvgIpc) is 3.04. The summed E-state index contributed by atoms with van der Waals surface area (Å²) in [5.74, 6) is -0.157. The molecule has 25 heavy (non-hydrogen) atoms. The maximum absolute atomic E-state index is 13.5. The zero-order valence-corrected chi connectivity index (χ0v) is 15.5. The Bertz CT molecular complexity index is 864. The van der Waals surface area contributed by atoms with E-state index >= 15 is 0 Å². The molecule has 1 aliphatic heterocycles. The molecule has 0 N–H and O–H groups in total. The van der Waals surface area contributed by atoms with Gasteiger partial charge in [0.05, 0.1) is 10.6 Å². The van der Waals surface area contributed by atoms with Gasteiger partial charge < -0.3 is 0 Å². The van der Waals surface area contributed by atoms with Crippen LogP contribution in [0, 0.1) is 19.7 Å². The van der Waals surface area contributed by atoms with Crippen molar-refractivity contribution in [1.29, 1.82) is 0 Å². The zero-order valence-electron chi connectivity index (χ0n) is 14.7. The molecule has 0 unspecified atom stereocenters. The van der Waals surface area contributed by atoms with E-state index in [0.717, 1.165) is 36.1 Å². The summed E-state index contributed by atoms with van der Waals surface area (Å²) >= 11 is 0. The minimum Gasteiger partial charge on any atom is -0.295 e. The maximum atomic E-state index is 13.5. The largest absolute Gasteiger partial charge is 0.295 e. The molecule has 1 fully saturated rings. The molecule has 0 bridgehead atoms. The molecule has 2 aromatic carbocycles. The highest BCUT2D eigenvalue weighted by Crippen LogP contribution is 2.32. The summed E-state index contributed by atoms with van der Waals surface area (Å²) in [6.45, 7) is 5.05. The van der Waals surface area contributed by atoms with Crippen molar-refractivity contribution in [2.24, 2.45) is 0 Å². The monoisotopic (exact) mass is 361 g/mol. The first-order valence-electron chi connectivity index (χ1n) is 8.66. The minimum absolute atomic E-state index is 0.0864. The van der Waals surface area contributed by atoms with Crippen molar-refractivity contribution in [1.82, 2.24) is 4.90 Å². The van der Waals surface area contributed by atoms with Crippen molar-refractivity contribution in [2.75, 3.05) is 18.8 Å². The molecular weight excluding hydrogens is 337 g/mol. The minimum atomic E-state index is -3.33. The fraction of sp³-hybridized carbons (Fsp3) is 0.400. The quantitative estimate of drug-likeness (QED) is 0.806. The third-order valence-corrected chi connectivity index (χ3v) is 6.75. The van der Waals surface area contributed by atoms with E-state index in [1.165, 1.54) is 6.07 Å². The summed E-state index contributed by atoms with van der Waals surface area (Å²) in [5, 5.41) is 0. The first-order chi connectivity index (χ1) is 11.9. The molecule has 3 nitrogen and oxygen atoms in total. The van der Waals surface area contributed by atoms with Crippen LogP contribution in [0.5, 0.6) is 0 Å². The van der Waals surface area contributed by atoms with Gasteiger partial charge in [-0.2, -0.15) is 0 Å². The number of likely N-dealkylation sites (tertiary alicyclic amines) is 1. The van der Waals surface area contributed by atoms with Gasteiger partial charge in [0.2, 0.25) is 0 Å². The number of sulfone groups is 1. The highest BCUT2D eigenvalue weighted by molar-refractivity contribution is 7.91. The van der Waals surface area contributed by atoms with Gasteiger partial charge in [-0.3, -0.25) is 4.90 Å². The van der Waals surface area contributed by atoms with Gasteiger partial charge in [-0.05, 0) is 68.1 Å². The predicted molar refractivity (Wildman–Crippen MR) is 97.9 cm³/mol. The van der Waals surface area contributed by atoms with Crippen LogP contribution >= 0.6 is 0 Å². The Kier molecular flexibility index (Phi) is 5.25. The van der Waals surface area contributed by atoms with Crippen LogP contribution in [0.3, 0.4) is 0 Å². The topological polar surface area (TPSA) is 37.4 Å². The lowest BCUT2D eigenvalue weighted by atomic mass is 10.0. The Morgan fingerprint density at radius 3 is 2.72 bits per heavy atom. The average molecular weight is 361 g/mol. The molecule has 1 heterocycles. The SMILES string of the molecule is Cc1ccc(C)c(S(=O)(=O)CCN2CCC[C@H]2c2cccc(F)c2)c1. The number of aryl methyl sites for hydroxylation is 2. The van der Waals surface area contributed by atoms with Crippen LogP contribution in [0.1, 0.15) is 35.6 Å². The van der Waals surface area contributed by atoms with Gasteiger partial charge in [0.25, 0.3) is 0 Å². The van der Waals surface area contributed by atoms with Crippen LogP contribution in [-0.2, 0) is 9.84 Å². The summed E-state index contributed by atoms with van der Waals surface area (Å²) in [4.78, 5) is 2.59. The summed E-state index contributed by atoms with van der Waals surface area (Å²) in [5.41, 5.74) is 2.67. The van der Waals surface area contributed by atoms with Crippen molar-refractivity contribution >= 4 is 9.84 Å². The van der Waals surface area contributed by atoms with E-state index in [2.05, 4.69) is 4.90 Å². The van der Waals surface area contributed by atoms with Crippen molar-refractivity contribution in [2.45, 2.75) is 37.6 Å². The van der Waals surface area contributed by atoms with Crippen LogP contribution in [0.15, 0.2) is 47.4 Å². The molecule has 134 valence electrons. The van der Waals surface area contributed by atoms with Gasteiger partial charge in [0.1, 0.15) is 5.82 Å². The smallest absolute Gasteiger partial charge is 0.179 e. The van der Waals surface area contributed by atoms with E-state index < -0.39 is 9.84 Å². The number of benzene rings is 2. The number of rotatable bonds is 5. The van der Waals surface area contributed by atoms with E-state index in [9.17, 15) is 12.8 Å². The predicted octanol–water partition coefficient (Wildman–Crippen LogP) is 4.05. The molecule has 0 saturated carbocycles. The maximum Gasteiger partial charge on any atom is 0.179 e. The van der Waals surface area contributed by atoms with Crippen molar-refractivity contribution < 1.29 is 12.8 Å². The third kappa shape index (κ3) is 4.10. The molecule has 5 heteroatoms. The second-order valence-corrected chi connectivity index (χ2v) is 8.91. The highest BCUT2D eigenvalue weighted by Gasteiger charge is 2.28. The van der Waals surface area contributed by atoms with Crippen molar-refractivity contribution in [3.63, 3.8) is 0 Å². The van der Waals surface area contributed by atoms with Crippen LogP contribution < -0.4 is 0 Å². The number of nitrogens with zero attached hydrogens (tertiary/aromatic N) is 1. The fourth-order valence-corrected chi connectivity index (χ4v) is 5.19. The van der Waals surface area contributed by atoms with Crippen LogP contribution in [-0.4, -0.2) is 32.2 Å². The van der Waals surface area contributed by atoms with E-state index in [1.807, 2.05) is 32.0 Å². The van der Waals surface area contributed by atoms with Gasteiger partial charge in [-0.1, -0.05) is 24.3 Å². The Morgan fingerprint density at radius 2 is 1.96 bits per heavy atom. The lowest BCUT2D eigenvalue weighted by molar-refractivity contribution is 0.272. The molecule has 3 rings (SSSR count). The first-order valence-corrected chi connectivity index (χ1v) is 10.3. The van der Waals surface area contributed by atoms with Gasteiger partial charge in [-0.25, -0.2) is 12.8 Å². The lowest BCUT2D eigenvalue weighted by Crippen LogP contribution is -2.29. The van der Waals surface area contributed by atoms with Gasteiger partial charge in [-0.15, -0.1) is 0 Å². The zero-order chi connectivity index (χ0) is 18.0. The molecule has 2 aromatic rings. The molecule has 1 atom stereocenters. The first kappa shape index (κ1) is 18.1. The molecular formula is C20H24FNO2S. The third-order valence-electron chi connectivity index (χ3n) is 4.92. The molecule has 0 aromatic heterocycles. The summed E-state index contributed by atoms with van der Waals surface area (Å²) in [6.07, 6.45) is 1.94. The van der Waals surface area contributed by atoms with Gasteiger partial charge in [0, 0.05) is 12.6 Å². The second-order valence-electron chi connectivity index (χ2n) is 6.84. The van der Waals surface area contributed by atoms with E-state index in [4.69, 9.17) is 0 Å². The molecule has 1 aliphatic rings. The number of hydrogen-bond acceptors (Lipinski definition) is 3. The van der Waals surface area contributed by atoms with Crippen molar-refractivity contribution in [3.05, 3.63) is 65.0 Å².